The van der Waals surface area contributed by atoms with Crippen LogP contribution in [0.1, 0.15) is 25.3 Å². The molecule has 0 aromatic heterocycles. The van der Waals surface area contributed by atoms with E-state index >= 15 is 0 Å². The Morgan fingerprint density at radius 2 is 1.68 bits per heavy atom. The zero-order valence-corrected chi connectivity index (χ0v) is 17.3. The van der Waals surface area contributed by atoms with E-state index in [0.717, 1.165) is 18.1 Å². The van der Waals surface area contributed by atoms with E-state index in [9.17, 15) is 21.6 Å². The van der Waals surface area contributed by atoms with Crippen molar-refractivity contribution in [3.63, 3.8) is 0 Å². The molecule has 2 rings (SSSR count). The first-order chi connectivity index (χ1) is 13.1. The number of anilines is 1. The lowest BCUT2D eigenvalue weighted by Crippen LogP contribution is -2.41. The summed E-state index contributed by atoms with van der Waals surface area (Å²) in [6.45, 7) is 3.97. The van der Waals surface area contributed by atoms with Gasteiger partial charge in [-0.25, -0.2) is 26.4 Å². The monoisotopic (exact) mass is 425 g/mol. The Kier molecular flexibility index (Phi) is 6.81. The molecule has 0 aliphatic heterocycles. The van der Waals surface area contributed by atoms with E-state index in [2.05, 4.69) is 4.72 Å². The zero-order valence-electron chi connectivity index (χ0n) is 15.6. The van der Waals surface area contributed by atoms with Crippen LogP contribution in [0.4, 0.5) is 10.5 Å². The predicted molar refractivity (Wildman–Crippen MR) is 107 cm³/mol. The highest BCUT2D eigenvalue weighted by atomic mass is 32.2. The van der Waals surface area contributed by atoms with Crippen LogP contribution in [0.3, 0.4) is 0 Å². The van der Waals surface area contributed by atoms with Gasteiger partial charge in [-0.05, 0) is 43.7 Å². The van der Waals surface area contributed by atoms with Gasteiger partial charge in [0.15, 0.2) is 0 Å². The first kappa shape index (κ1) is 21.9. The fourth-order valence-electron chi connectivity index (χ4n) is 2.44. The van der Waals surface area contributed by atoms with Crippen molar-refractivity contribution in [3.8, 4) is 0 Å². The number of carbonyl (C=O) groups excluding carboxylic acids is 1. The number of carbonyl (C=O) groups is 1. The van der Waals surface area contributed by atoms with Gasteiger partial charge in [0.1, 0.15) is 0 Å². The molecule has 10 heteroatoms. The van der Waals surface area contributed by atoms with Crippen molar-refractivity contribution in [3.05, 3.63) is 54.1 Å². The van der Waals surface area contributed by atoms with Gasteiger partial charge in [-0.2, -0.15) is 4.31 Å². The SMILES string of the molecule is CCCCNS(=O)(=O)c1cccc(N(C(N)=O)S(=O)(=O)c2ccc(C)cc2)c1. The van der Waals surface area contributed by atoms with Crippen LogP contribution in [-0.2, 0) is 20.0 Å². The summed E-state index contributed by atoms with van der Waals surface area (Å²) in [5.41, 5.74) is 6.00. The largest absolute Gasteiger partial charge is 0.350 e. The Labute approximate surface area is 165 Å². The number of hydrogen-bond acceptors (Lipinski definition) is 5. The number of primary amides is 1. The topological polar surface area (TPSA) is 127 Å². The highest BCUT2D eigenvalue weighted by molar-refractivity contribution is 7.93. The van der Waals surface area contributed by atoms with E-state index in [1.165, 1.54) is 30.3 Å². The third kappa shape index (κ3) is 4.89. The molecule has 3 N–H and O–H groups in total. The minimum absolute atomic E-state index is 0.133. The first-order valence-electron chi connectivity index (χ1n) is 8.61. The summed E-state index contributed by atoms with van der Waals surface area (Å²) in [6.07, 6.45) is 1.47. The second kappa shape index (κ2) is 8.72. The van der Waals surface area contributed by atoms with E-state index in [0.29, 0.717) is 10.7 Å². The van der Waals surface area contributed by atoms with Crippen molar-refractivity contribution < 1.29 is 21.6 Å². The minimum Gasteiger partial charge on any atom is -0.350 e. The van der Waals surface area contributed by atoms with Crippen molar-refractivity contribution >= 4 is 31.8 Å². The Balaban J connectivity index is 2.48. The zero-order chi connectivity index (χ0) is 20.9. The molecule has 0 heterocycles. The van der Waals surface area contributed by atoms with Crippen LogP contribution in [0.5, 0.6) is 0 Å². The van der Waals surface area contributed by atoms with Crippen molar-refractivity contribution in [1.29, 1.82) is 0 Å². The maximum absolute atomic E-state index is 12.9. The smallest absolute Gasteiger partial charge is 0.333 e. The lowest BCUT2D eigenvalue weighted by atomic mass is 10.2. The van der Waals surface area contributed by atoms with Gasteiger partial charge in [0.05, 0.1) is 15.5 Å². The van der Waals surface area contributed by atoms with Crippen LogP contribution in [0.15, 0.2) is 58.3 Å². The molecule has 0 radical (unpaired) electrons. The summed E-state index contributed by atoms with van der Waals surface area (Å²) >= 11 is 0. The van der Waals surface area contributed by atoms with Crippen LogP contribution >= 0.6 is 0 Å². The van der Waals surface area contributed by atoms with E-state index in [-0.39, 0.29) is 22.0 Å². The molecule has 8 nitrogen and oxygen atoms in total. The normalized spacial score (nSPS) is 11.9. The molecule has 0 unspecified atom stereocenters. The third-order valence-corrected chi connectivity index (χ3v) is 7.14. The second-order valence-electron chi connectivity index (χ2n) is 6.17. The molecule has 2 aromatic rings. The van der Waals surface area contributed by atoms with Crippen molar-refractivity contribution in [2.75, 3.05) is 10.8 Å². The molecule has 0 aliphatic rings. The molecule has 2 aromatic carbocycles. The molecule has 28 heavy (non-hydrogen) atoms. The first-order valence-corrected chi connectivity index (χ1v) is 11.5. The van der Waals surface area contributed by atoms with Gasteiger partial charge in [0.2, 0.25) is 10.0 Å². The van der Waals surface area contributed by atoms with Gasteiger partial charge >= 0.3 is 6.03 Å². The number of nitrogens with two attached hydrogens (primary N) is 1. The van der Waals surface area contributed by atoms with Gasteiger partial charge in [-0.3, -0.25) is 0 Å². The van der Waals surface area contributed by atoms with E-state index < -0.39 is 26.1 Å². The van der Waals surface area contributed by atoms with Crippen molar-refractivity contribution in [2.24, 2.45) is 5.73 Å². The maximum atomic E-state index is 12.9. The summed E-state index contributed by atoms with van der Waals surface area (Å²) in [6, 6.07) is 9.72. The fourth-order valence-corrected chi connectivity index (χ4v) is 4.88. The maximum Gasteiger partial charge on any atom is 0.333 e. The van der Waals surface area contributed by atoms with E-state index in [1.54, 1.807) is 19.1 Å². The van der Waals surface area contributed by atoms with Gasteiger partial charge in [0.25, 0.3) is 10.0 Å². The number of urea groups is 1. The van der Waals surface area contributed by atoms with Crippen LogP contribution < -0.4 is 14.8 Å². The van der Waals surface area contributed by atoms with Gasteiger partial charge in [-0.15, -0.1) is 0 Å². The Bertz CT molecular complexity index is 1050. The lowest BCUT2D eigenvalue weighted by molar-refractivity contribution is 0.257. The molecule has 2 amide bonds. The lowest BCUT2D eigenvalue weighted by Gasteiger charge is -2.21. The Morgan fingerprint density at radius 3 is 2.25 bits per heavy atom. The van der Waals surface area contributed by atoms with Crippen LogP contribution in [0.25, 0.3) is 0 Å². The molecule has 0 saturated carbocycles. The third-order valence-electron chi connectivity index (χ3n) is 3.94. The molecule has 0 atom stereocenters. The number of amides is 2. The highest BCUT2D eigenvalue weighted by Crippen LogP contribution is 2.26. The standard InChI is InChI=1S/C18H23N3O5S2/c1-3-4-12-20-27(23,24)17-7-5-6-15(13-17)21(18(19)22)28(25,26)16-10-8-14(2)9-11-16/h5-11,13,20H,3-4,12H2,1-2H3,(H2,19,22). The molecule has 0 fully saturated rings. The molecule has 0 aliphatic carbocycles. The van der Waals surface area contributed by atoms with Crippen molar-refractivity contribution in [1.82, 2.24) is 4.72 Å². The van der Waals surface area contributed by atoms with E-state index in [1.807, 2.05) is 6.92 Å². The summed E-state index contributed by atoms with van der Waals surface area (Å²) in [5, 5.41) is 0. The molecular weight excluding hydrogens is 402 g/mol. The number of nitrogens with one attached hydrogen (secondary N) is 1. The number of rotatable bonds is 8. The van der Waals surface area contributed by atoms with Crippen LogP contribution in [0.2, 0.25) is 0 Å². The quantitative estimate of drug-likeness (QED) is 0.628. The Morgan fingerprint density at radius 1 is 1.04 bits per heavy atom. The average molecular weight is 426 g/mol. The van der Waals surface area contributed by atoms with Gasteiger partial charge < -0.3 is 5.73 Å². The second-order valence-corrected chi connectivity index (χ2v) is 9.72. The number of hydrogen-bond donors (Lipinski definition) is 2. The van der Waals surface area contributed by atoms with Gasteiger partial charge in [0, 0.05) is 6.54 Å². The fraction of sp³-hybridized carbons (Fsp3) is 0.278. The molecule has 0 bridgehead atoms. The number of benzene rings is 2. The number of nitrogens with zero attached hydrogens (tertiary/aromatic N) is 1. The molecule has 0 spiro atoms. The summed E-state index contributed by atoms with van der Waals surface area (Å²) < 4.78 is 53.5. The summed E-state index contributed by atoms with van der Waals surface area (Å²) in [5.74, 6) is 0. The number of aryl methyl sites for hydroxylation is 1. The van der Waals surface area contributed by atoms with Crippen molar-refractivity contribution in [2.45, 2.75) is 36.5 Å². The number of sulfonamides is 2. The predicted octanol–water partition coefficient (Wildman–Crippen LogP) is 2.35. The summed E-state index contributed by atoms with van der Waals surface area (Å²) in [4.78, 5) is 11.7. The number of unbranched alkanes of at least 4 members (excludes halogenated alkanes) is 1. The molecular formula is C18H23N3O5S2. The Hall–Kier alpha value is -2.43. The average Bonchev–Trinajstić information content (AvgIpc) is 2.62. The minimum atomic E-state index is -4.31. The van der Waals surface area contributed by atoms with Crippen LogP contribution in [-0.4, -0.2) is 29.4 Å². The van der Waals surface area contributed by atoms with Gasteiger partial charge in [-0.1, -0.05) is 37.1 Å². The van der Waals surface area contributed by atoms with Crippen LogP contribution in [0, 0.1) is 6.92 Å². The highest BCUT2D eigenvalue weighted by Gasteiger charge is 2.30. The summed E-state index contributed by atoms with van der Waals surface area (Å²) in [7, 11) is -8.16. The molecule has 0 saturated heterocycles. The molecule has 152 valence electrons. The van der Waals surface area contributed by atoms with E-state index in [4.69, 9.17) is 5.73 Å².